The van der Waals surface area contributed by atoms with Gasteiger partial charge < -0.3 is 9.53 Å². The van der Waals surface area contributed by atoms with E-state index in [-0.39, 0.29) is 18.6 Å². The van der Waals surface area contributed by atoms with Crippen molar-refractivity contribution in [1.82, 2.24) is 0 Å². The molecule has 0 spiro atoms. The van der Waals surface area contributed by atoms with Crippen LogP contribution >= 0.6 is 0 Å². The third kappa shape index (κ3) is 4.09. The number of fused-ring (bicyclic) bond motifs is 1. The number of aliphatic hydroxyl groups excluding tert-OH is 1. The second-order valence-corrected chi connectivity index (χ2v) is 15.0. The molecular formula is C27H36O3Si. The van der Waals surface area contributed by atoms with Crippen LogP contribution in [0.1, 0.15) is 64.3 Å². The first-order valence-electron chi connectivity index (χ1n) is 11.4. The highest BCUT2D eigenvalue weighted by Gasteiger charge is 2.49. The zero-order chi connectivity index (χ0) is 22.8. The summed E-state index contributed by atoms with van der Waals surface area (Å²) in [7, 11) is -2.23. The van der Waals surface area contributed by atoms with Gasteiger partial charge in [-0.3, -0.25) is 4.79 Å². The van der Waals surface area contributed by atoms with Crippen LogP contribution in [0.5, 0.6) is 0 Å². The van der Waals surface area contributed by atoms with Crippen LogP contribution in [0.4, 0.5) is 0 Å². The first kappa shape index (κ1) is 23.6. The van der Waals surface area contributed by atoms with E-state index in [1.165, 1.54) is 0 Å². The van der Waals surface area contributed by atoms with Crippen molar-refractivity contribution in [3.05, 3.63) is 76.9 Å². The van der Waals surface area contributed by atoms with Crippen molar-refractivity contribution < 1.29 is 14.3 Å². The molecule has 0 amide bonds. The summed E-state index contributed by atoms with van der Waals surface area (Å²) < 4.78 is 7.20. The lowest BCUT2D eigenvalue weighted by molar-refractivity contribution is -0.106. The van der Waals surface area contributed by atoms with Crippen molar-refractivity contribution in [2.75, 3.05) is 6.61 Å². The lowest BCUT2D eigenvalue weighted by Crippen LogP contribution is -2.50. The van der Waals surface area contributed by atoms with E-state index >= 15 is 0 Å². The molecule has 0 saturated heterocycles. The predicted octanol–water partition coefficient (Wildman–Crippen LogP) is 6.54. The molecule has 0 heterocycles. The maximum Gasteiger partial charge on any atom is 0.201 e. The van der Waals surface area contributed by atoms with Crippen molar-refractivity contribution in [2.24, 2.45) is 5.92 Å². The minimum atomic E-state index is -2.23. The van der Waals surface area contributed by atoms with Crippen LogP contribution in [-0.2, 0) is 9.22 Å². The van der Waals surface area contributed by atoms with Crippen molar-refractivity contribution in [3.63, 3.8) is 0 Å². The van der Waals surface area contributed by atoms with Gasteiger partial charge in [-0.2, -0.15) is 0 Å². The number of aldehydes is 1. The van der Waals surface area contributed by atoms with Crippen LogP contribution in [-0.4, -0.2) is 26.3 Å². The Balaban J connectivity index is 2.25. The molecule has 1 aliphatic carbocycles. The van der Waals surface area contributed by atoms with Crippen LogP contribution in [0.3, 0.4) is 0 Å². The first-order valence-corrected chi connectivity index (χ1v) is 13.6. The molecule has 0 aromatic heterocycles. The van der Waals surface area contributed by atoms with E-state index < -0.39 is 8.32 Å². The number of carbonyl (C=O) groups is 1. The average molecular weight is 437 g/mol. The maximum atomic E-state index is 12.4. The summed E-state index contributed by atoms with van der Waals surface area (Å²) in [6.45, 7) is 13.5. The zero-order valence-corrected chi connectivity index (χ0v) is 20.6. The molecule has 3 nitrogen and oxygen atoms in total. The van der Waals surface area contributed by atoms with Gasteiger partial charge in [-0.05, 0) is 38.9 Å². The highest BCUT2D eigenvalue weighted by molar-refractivity contribution is 6.77. The number of benzene rings is 2. The summed E-state index contributed by atoms with van der Waals surface area (Å²) in [6.07, 6.45) is 0.603. The van der Waals surface area contributed by atoms with Crippen LogP contribution in [0.2, 0.25) is 16.6 Å². The van der Waals surface area contributed by atoms with Gasteiger partial charge in [-0.15, -0.1) is 0 Å². The van der Waals surface area contributed by atoms with Crippen molar-refractivity contribution in [2.45, 2.75) is 64.3 Å². The zero-order valence-electron chi connectivity index (χ0n) is 19.6. The number of rotatable bonds is 8. The topological polar surface area (TPSA) is 46.5 Å². The SMILES string of the molecule is CC(C)[Si](O[C@@H]1c2ccccc2C(c2ccccc2)=C(C=O)[C@H]1CO)(C(C)C)C(C)C. The van der Waals surface area contributed by atoms with Crippen molar-refractivity contribution in [3.8, 4) is 0 Å². The maximum absolute atomic E-state index is 12.4. The molecule has 31 heavy (non-hydrogen) atoms. The molecule has 0 saturated carbocycles. The Kier molecular flexibility index (Phi) is 7.35. The van der Waals surface area contributed by atoms with Crippen LogP contribution in [0.15, 0.2) is 60.2 Å². The van der Waals surface area contributed by atoms with Gasteiger partial charge in [0.15, 0.2) is 0 Å². The van der Waals surface area contributed by atoms with Crippen LogP contribution < -0.4 is 0 Å². The van der Waals surface area contributed by atoms with E-state index in [1.807, 2.05) is 42.5 Å². The normalized spacial score (nSPS) is 19.3. The van der Waals surface area contributed by atoms with Gasteiger partial charge in [-0.25, -0.2) is 0 Å². The monoisotopic (exact) mass is 436 g/mol. The van der Waals surface area contributed by atoms with Gasteiger partial charge in [-0.1, -0.05) is 96.1 Å². The fourth-order valence-electron chi connectivity index (χ4n) is 5.73. The second kappa shape index (κ2) is 9.64. The van der Waals surface area contributed by atoms with E-state index in [0.29, 0.717) is 22.2 Å². The number of hydrogen-bond donors (Lipinski definition) is 1. The molecule has 0 bridgehead atoms. The smallest absolute Gasteiger partial charge is 0.201 e. The minimum Gasteiger partial charge on any atom is -0.408 e. The second-order valence-electron chi connectivity index (χ2n) is 9.55. The van der Waals surface area contributed by atoms with E-state index in [2.05, 4.69) is 53.7 Å². The first-order chi connectivity index (χ1) is 14.8. The highest BCUT2D eigenvalue weighted by Crippen LogP contribution is 2.51. The largest absolute Gasteiger partial charge is 0.408 e. The number of aliphatic hydroxyl groups is 1. The molecule has 2 atom stereocenters. The van der Waals surface area contributed by atoms with Gasteiger partial charge in [0.1, 0.15) is 6.29 Å². The third-order valence-electron chi connectivity index (χ3n) is 7.01. The molecule has 166 valence electrons. The Bertz CT molecular complexity index is 909. The summed E-state index contributed by atoms with van der Waals surface area (Å²) in [5.74, 6) is -0.384. The quantitative estimate of drug-likeness (QED) is 0.377. The third-order valence-corrected chi connectivity index (χ3v) is 13.1. The molecule has 2 aromatic rings. The number of carbonyl (C=O) groups excluding carboxylic acids is 1. The van der Waals surface area contributed by atoms with Crippen molar-refractivity contribution >= 4 is 20.2 Å². The fraction of sp³-hybridized carbons (Fsp3) is 0.444. The van der Waals surface area contributed by atoms with E-state index in [1.54, 1.807) is 0 Å². The molecular weight excluding hydrogens is 400 g/mol. The van der Waals surface area contributed by atoms with Gasteiger partial charge in [0.05, 0.1) is 12.7 Å². The summed E-state index contributed by atoms with van der Waals surface area (Å²) in [6, 6.07) is 18.2. The summed E-state index contributed by atoms with van der Waals surface area (Å²) in [5.41, 5.74) is 5.89. The average Bonchev–Trinajstić information content (AvgIpc) is 2.76. The molecule has 0 unspecified atom stereocenters. The highest BCUT2D eigenvalue weighted by atomic mass is 28.4. The van der Waals surface area contributed by atoms with E-state index in [0.717, 1.165) is 28.5 Å². The Hall–Kier alpha value is -2.01. The number of hydrogen-bond acceptors (Lipinski definition) is 3. The van der Waals surface area contributed by atoms with Crippen LogP contribution in [0, 0.1) is 5.92 Å². The molecule has 0 aliphatic heterocycles. The minimum absolute atomic E-state index is 0.123. The van der Waals surface area contributed by atoms with E-state index in [9.17, 15) is 9.90 Å². The van der Waals surface area contributed by atoms with Gasteiger partial charge in [0, 0.05) is 11.5 Å². The van der Waals surface area contributed by atoms with Gasteiger partial charge in [0.25, 0.3) is 0 Å². The predicted molar refractivity (Wildman–Crippen MR) is 130 cm³/mol. The molecule has 4 heteroatoms. The molecule has 1 aliphatic rings. The molecule has 1 N–H and O–H groups in total. The van der Waals surface area contributed by atoms with Crippen molar-refractivity contribution in [1.29, 1.82) is 0 Å². The van der Waals surface area contributed by atoms with E-state index in [4.69, 9.17) is 4.43 Å². The molecule has 2 aromatic carbocycles. The lowest BCUT2D eigenvalue weighted by Gasteiger charge is -2.47. The Morgan fingerprint density at radius 1 is 0.903 bits per heavy atom. The Morgan fingerprint density at radius 2 is 1.45 bits per heavy atom. The summed E-state index contributed by atoms with van der Waals surface area (Å²) >= 11 is 0. The van der Waals surface area contributed by atoms with Gasteiger partial charge >= 0.3 is 0 Å². The standard InChI is InChI=1S/C27H36O3Si/c1-18(2)31(19(3)4,20(5)6)30-27-23-15-11-10-14-22(23)26(21-12-8-7-9-13-21)24(16-28)25(27)17-29/h7-16,18-20,25,27,29H,17H2,1-6H3/t25-,27-/m1/s1. The molecule has 0 radical (unpaired) electrons. The summed E-state index contributed by atoms with van der Waals surface area (Å²) in [5, 5.41) is 10.5. The Labute approximate surface area is 188 Å². The molecule has 3 rings (SSSR count). The van der Waals surface area contributed by atoms with Crippen LogP contribution in [0.25, 0.3) is 5.57 Å². The Morgan fingerprint density at radius 3 is 1.97 bits per heavy atom. The molecule has 0 fully saturated rings. The fourth-order valence-corrected chi connectivity index (χ4v) is 11.3. The van der Waals surface area contributed by atoms with Gasteiger partial charge in [0.2, 0.25) is 8.32 Å². The summed E-state index contributed by atoms with van der Waals surface area (Å²) in [4.78, 5) is 12.4. The lowest BCUT2D eigenvalue weighted by atomic mass is 9.75.